The van der Waals surface area contributed by atoms with Crippen molar-refractivity contribution in [3.8, 4) is 11.3 Å². The van der Waals surface area contributed by atoms with Crippen LogP contribution in [0.3, 0.4) is 0 Å². The van der Waals surface area contributed by atoms with Crippen LogP contribution < -0.4 is 10.2 Å². The van der Waals surface area contributed by atoms with E-state index in [1.807, 2.05) is 11.4 Å². The molecule has 1 aromatic heterocycles. The quantitative estimate of drug-likeness (QED) is 0.254. The summed E-state index contributed by atoms with van der Waals surface area (Å²) in [5, 5.41) is 6.03. The zero-order valence-electron chi connectivity index (χ0n) is 19.5. The van der Waals surface area contributed by atoms with Crippen LogP contribution in [0.15, 0.2) is 72.1 Å². The average molecular weight is 542 g/mol. The highest BCUT2D eigenvalue weighted by Gasteiger charge is 2.19. The first-order valence-electron chi connectivity index (χ1n) is 11.1. The number of amides is 1. The molecule has 1 unspecified atom stereocenters. The number of rotatable bonds is 8. The number of hydrogen-bond acceptors (Lipinski definition) is 5. The zero-order valence-corrected chi connectivity index (χ0v) is 21.8. The van der Waals surface area contributed by atoms with Gasteiger partial charge in [-0.3, -0.25) is 9.59 Å². The molecule has 0 fully saturated rings. The molecule has 0 aliphatic rings. The van der Waals surface area contributed by atoms with E-state index in [1.165, 1.54) is 24.3 Å². The summed E-state index contributed by atoms with van der Waals surface area (Å²) in [5.74, 6) is -0.830. The number of halogens is 3. The summed E-state index contributed by atoms with van der Waals surface area (Å²) in [5.41, 5.74) is 3.16. The molecule has 4 rings (SSSR count). The smallest absolute Gasteiger partial charge is 0.251 e. The Balaban J connectivity index is 1.62. The van der Waals surface area contributed by atoms with Crippen molar-refractivity contribution in [1.29, 1.82) is 0 Å². The summed E-state index contributed by atoms with van der Waals surface area (Å²) >= 11 is 13.6. The fraction of sp³-hybridized carbons (Fsp3) is 0.148. The molecule has 4 aromatic rings. The monoisotopic (exact) mass is 541 g/mol. The number of benzene rings is 3. The zero-order chi connectivity index (χ0) is 25.8. The van der Waals surface area contributed by atoms with E-state index in [0.717, 1.165) is 11.1 Å². The van der Waals surface area contributed by atoms with Crippen LogP contribution in [0.2, 0.25) is 10.0 Å². The van der Waals surface area contributed by atoms with Crippen molar-refractivity contribution in [2.24, 2.45) is 0 Å². The first-order valence-corrected chi connectivity index (χ1v) is 12.7. The Morgan fingerprint density at radius 3 is 2.44 bits per heavy atom. The minimum absolute atomic E-state index is 0.121. The van der Waals surface area contributed by atoms with Crippen molar-refractivity contribution in [1.82, 2.24) is 10.3 Å². The normalized spacial score (nSPS) is 11.7. The Kier molecular flexibility index (Phi) is 8.04. The summed E-state index contributed by atoms with van der Waals surface area (Å²) in [4.78, 5) is 30.4. The van der Waals surface area contributed by atoms with Gasteiger partial charge in [-0.15, -0.1) is 11.3 Å². The number of nitrogens with zero attached hydrogens (tertiary/aromatic N) is 2. The number of anilines is 2. The van der Waals surface area contributed by atoms with E-state index in [9.17, 15) is 14.0 Å². The average Bonchev–Trinajstić information content (AvgIpc) is 3.35. The summed E-state index contributed by atoms with van der Waals surface area (Å²) in [6.45, 7) is 3.39. The molecular weight excluding hydrogens is 520 g/mol. The number of ketones is 1. The van der Waals surface area contributed by atoms with Crippen molar-refractivity contribution < 1.29 is 14.0 Å². The summed E-state index contributed by atoms with van der Waals surface area (Å²) in [6.07, 6.45) is 0. The fourth-order valence-electron chi connectivity index (χ4n) is 3.43. The van der Waals surface area contributed by atoms with Gasteiger partial charge in [-0.1, -0.05) is 53.5 Å². The van der Waals surface area contributed by atoms with Crippen LogP contribution in [-0.2, 0) is 11.3 Å². The van der Waals surface area contributed by atoms with Crippen LogP contribution in [0.25, 0.3) is 11.3 Å². The Labute approximate surface area is 222 Å². The summed E-state index contributed by atoms with van der Waals surface area (Å²) in [6, 6.07) is 18.2. The lowest BCUT2D eigenvalue weighted by Crippen LogP contribution is -2.37. The molecule has 1 atom stereocenters. The van der Waals surface area contributed by atoms with Gasteiger partial charge in [0.15, 0.2) is 10.9 Å². The van der Waals surface area contributed by atoms with Crippen LogP contribution in [0.5, 0.6) is 0 Å². The molecule has 0 bridgehead atoms. The molecule has 184 valence electrons. The Morgan fingerprint density at radius 1 is 1.06 bits per heavy atom. The van der Waals surface area contributed by atoms with Crippen LogP contribution in [0.4, 0.5) is 15.2 Å². The van der Waals surface area contributed by atoms with Gasteiger partial charge in [-0.25, -0.2) is 9.37 Å². The third-order valence-electron chi connectivity index (χ3n) is 5.60. The summed E-state index contributed by atoms with van der Waals surface area (Å²) < 4.78 is 14.8. The highest BCUT2D eigenvalue weighted by atomic mass is 35.5. The van der Waals surface area contributed by atoms with Crippen molar-refractivity contribution >= 4 is 57.0 Å². The molecule has 0 spiro atoms. The second-order valence-corrected chi connectivity index (χ2v) is 9.84. The van der Waals surface area contributed by atoms with Gasteiger partial charge in [-0.05, 0) is 55.8 Å². The molecular formula is C27H22Cl2FN3O2S. The molecule has 0 aliphatic heterocycles. The van der Waals surface area contributed by atoms with E-state index in [2.05, 4.69) is 5.32 Å². The number of aromatic nitrogens is 1. The van der Waals surface area contributed by atoms with E-state index in [1.54, 1.807) is 66.4 Å². The minimum Gasteiger partial charge on any atom is -0.343 e. The van der Waals surface area contributed by atoms with Crippen molar-refractivity contribution in [2.75, 3.05) is 4.90 Å². The van der Waals surface area contributed by atoms with Crippen LogP contribution in [0.1, 0.15) is 29.8 Å². The molecule has 1 heterocycles. The lowest BCUT2D eigenvalue weighted by molar-refractivity contribution is -0.118. The third-order valence-corrected chi connectivity index (χ3v) is 7.20. The molecule has 5 nitrogen and oxygen atoms in total. The molecule has 0 radical (unpaired) electrons. The molecule has 0 aliphatic carbocycles. The number of para-hydroxylation sites is 1. The van der Waals surface area contributed by atoms with Gasteiger partial charge in [-0.2, -0.15) is 0 Å². The highest BCUT2D eigenvalue weighted by Crippen LogP contribution is 2.36. The van der Waals surface area contributed by atoms with Crippen LogP contribution >= 0.6 is 34.5 Å². The largest absolute Gasteiger partial charge is 0.343 e. The van der Waals surface area contributed by atoms with Crippen molar-refractivity contribution in [2.45, 2.75) is 26.4 Å². The molecule has 3 aromatic carbocycles. The number of carbonyl (C=O) groups excluding carboxylic acids is 2. The SMILES string of the molecule is CC(=O)C(C)NC(=O)c1ccc(CN(c2nc(-c3ccc(Cl)c(Cl)c3)cs2)c2ccccc2F)cc1. The predicted octanol–water partition coefficient (Wildman–Crippen LogP) is 7.30. The Bertz CT molecular complexity index is 1410. The molecule has 0 saturated heterocycles. The Hall–Kier alpha value is -3.26. The first-order chi connectivity index (χ1) is 17.2. The van der Waals surface area contributed by atoms with E-state index in [4.69, 9.17) is 28.2 Å². The molecule has 1 N–H and O–H groups in total. The predicted molar refractivity (Wildman–Crippen MR) is 144 cm³/mol. The molecule has 1 amide bonds. The minimum atomic E-state index is -0.566. The molecule has 36 heavy (non-hydrogen) atoms. The number of Topliss-reactive ketones (excluding diaryl/α,β-unsaturated/α-hetero) is 1. The van der Waals surface area contributed by atoms with Crippen molar-refractivity contribution in [3.63, 3.8) is 0 Å². The van der Waals surface area contributed by atoms with Crippen LogP contribution in [0, 0.1) is 5.82 Å². The van der Waals surface area contributed by atoms with E-state index >= 15 is 0 Å². The van der Waals surface area contributed by atoms with Crippen LogP contribution in [-0.4, -0.2) is 22.7 Å². The lowest BCUT2D eigenvalue weighted by atomic mass is 10.1. The van der Waals surface area contributed by atoms with Gasteiger partial charge < -0.3 is 10.2 Å². The maximum atomic E-state index is 14.8. The number of carbonyl (C=O) groups is 2. The number of nitrogens with one attached hydrogen (secondary N) is 1. The van der Waals surface area contributed by atoms with E-state index < -0.39 is 6.04 Å². The second-order valence-electron chi connectivity index (χ2n) is 8.18. The lowest BCUT2D eigenvalue weighted by Gasteiger charge is -2.23. The number of hydrogen-bond donors (Lipinski definition) is 1. The molecule has 0 saturated carbocycles. The standard InChI is InChI=1S/C27H22Cl2FN3O2S/c1-16(17(2)34)31-26(35)19-9-7-18(8-10-19)14-33(25-6-4-3-5-23(25)30)27-32-24(15-36-27)20-11-12-21(28)22(29)13-20/h3-13,15-16H,14H2,1-2H3,(H,31,35). The van der Waals surface area contributed by atoms with Gasteiger partial charge in [0.25, 0.3) is 5.91 Å². The topological polar surface area (TPSA) is 62.3 Å². The second kappa shape index (κ2) is 11.2. The van der Waals surface area contributed by atoms with Gasteiger partial charge in [0.2, 0.25) is 0 Å². The van der Waals surface area contributed by atoms with Gasteiger partial charge in [0, 0.05) is 16.5 Å². The summed E-state index contributed by atoms with van der Waals surface area (Å²) in [7, 11) is 0. The molecule has 9 heteroatoms. The third kappa shape index (κ3) is 5.93. The number of thiazole rings is 1. The van der Waals surface area contributed by atoms with Gasteiger partial charge in [0.05, 0.1) is 34.0 Å². The maximum Gasteiger partial charge on any atom is 0.251 e. The van der Waals surface area contributed by atoms with Crippen molar-refractivity contribution in [3.05, 3.63) is 99.1 Å². The Morgan fingerprint density at radius 2 is 1.78 bits per heavy atom. The van der Waals surface area contributed by atoms with E-state index in [-0.39, 0.29) is 17.5 Å². The van der Waals surface area contributed by atoms with E-state index in [0.29, 0.717) is 38.7 Å². The fourth-order valence-corrected chi connectivity index (χ4v) is 4.57. The van der Waals surface area contributed by atoms with Gasteiger partial charge in [0.1, 0.15) is 5.82 Å². The first kappa shape index (κ1) is 25.8. The highest BCUT2D eigenvalue weighted by molar-refractivity contribution is 7.14. The van der Waals surface area contributed by atoms with Gasteiger partial charge >= 0.3 is 0 Å². The maximum absolute atomic E-state index is 14.8.